The molecule has 0 aromatic rings. The van der Waals surface area contributed by atoms with Crippen molar-refractivity contribution in [2.24, 2.45) is 5.92 Å². The number of carbonyl (C=O) groups is 1. The van der Waals surface area contributed by atoms with Crippen LogP contribution in [0, 0.1) is 5.92 Å². The van der Waals surface area contributed by atoms with Gasteiger partial charge in [0.25, 0.3) is 0 Å². The summed E-state index contributed by atoms with van der Waals surface area (Å²) in [5.41, 5.74) is 0. The van der Waals surface area contributed by atoms with E-state index >= 15 is 0 Å². The molecule has 0 heterocycles. The number of alkyl halides is 1. The van der Waals surface area contributed by atoms with Crippen LogP contribution in [0.5, 0.6) is 0 Å². The van der Waals surface area contributed by atoms with Gasteiger partial charge in [-0.25, -0.2) is 0 Å². The van der Waals surface area contributed by atoms with E-state index in [1.54, 1.807) is 0 Å². The summed E-state index contributed by atoms with van der Waals surface area (Å²) in [4.78, 5) is 11.0. The van der Waals surface area contributed by atoms with Gasteiger partial charge in [-0.3, -0.25) is 4.79 Å². The Hall–Kier alpha value is -0.0800. The second-order valence-electron chi connectivity index (χ2n) is 3.22. The van der Waals surface area contributed by atoms with Crippen molar-refractivity contribution in [1.82, 2.24) is 0 Å². The Morgan fingerprint density at radius 3 is 2.91 bits per heavy atom. The van der Waals surface area contributed by atoms with Gasteiger partial charge in [-0.2, -0.15) is 0 Å². The maximum absolute atomic E-state index is 11.0. The Morgan fingerprint density at radius 2 is 2.27 bits per heavy atom. The van der Waals surface area contributed by atoms with Crippen molar-refractivity contribution in [2.75, 3.05) is 0 Å². The molecule has 0 spiro atoms. The molecule has 0 aromatic heterocycles. The van der Waals surface area contributed by atoms with E-state index in [1.165, 1.54) is 0 Å². The standard InChI is InChI=1S/C8H13ClO2/c1-5-7(9)4-6(10)2-3-8(5)11/h5,7-8,11H,2-4H2,1H3/t5-,7-,8+/m1/s1. The number of rotatable bonds is 0. The van der Waals surface area contributed by atoms with Crippen molar-refractivity contribution in [3.05, 3.63) is 0 Å². The molecule has 64 valence electrons. The fourth-order valence-electron chi connectivity index (χ4n) is 1.32. The van der Waals surface area contributed by atoms with E-state index in [-0.39, 0.29) is 17.1 Å². The minimum atomic E-state index is -0.399. The molecule has 0 radical (unpaired) electrons. The number of carbonyl (C=O) groups excluding carboxylic acids is 1. The summed E-state index contributed by atoms with van der Waals surface area (Å²) < 4.78 is 0. The van der Waals surface area contributed by atoms with Gasteiger partial charge in [0.15, 0.2) is 0 Å². The van der Waals surface area contributed by atoms with Gasteiger partial charge in [-0.15, -0.1) is 11.6 Å². The SMILES string of the molecule is C[C@@H]1[C@H](Cl)CC(=O)CC[C@@H]1O. The van der Waals surface area contributed by atoms with Gasteiger partial charge >= 0.3 is 0 Å². The molecular formula is C8H13ClO2. The predicted molar refractivity (Wildman–Crippen MR) is 43.7 cm³/mol. The van der Waals surface area contributed by atoms with E-state index < -0.39 is 6.10 Å². The van der Waals surface area contributed by atoms with Crippen LogP contribution in [-0.2, 0) is 4.79 Å². The third-order valence-corrected chi connectivity index (χ3v) is 2.87. The van der Waals surface area contributed by atoms with Crippen LogP contribution in [0.3, 0.4) is 0 Å². The van der Waals surface area contributed by atoms with E-state index in [2.05, 4.69) is 0 Å². The first-order chi connectivity index (χ1) is 5.11. The number of hydrogen-bond acceptors (Lipinski definition) is 2. The average molecular weight is 177 g/mol. The van der Waals surface area contributed by atoms with Crippen LogP contribution in [0.25, 0.3) is 0 Å². The Labute approximate surface area is 71.5 Å². The molecule has 0 saturated heterocycles. The van der Waals surface area contributed by atoms with Crippen LogP contribution in [0.4, 0.5) is 0 Å². The quantitative estimate of drug-likeness (QED) is 0.447. The second kappa shape index (κ2) is 3.55. The number of ketones is 1. The largest absolute Gasteiger partial charge is 0.393 e. The molecule has 0 aliphatic heterocycles. The zero-order chi connectivity index (χ0) is 8.43. The summed E-state index contributed by atoms with van der Waals surface area (Å²) in [6, 6.07) is 0. The van der Waals surface area contributed by atoms with Crippen LogP contribution in [0.15, 0.2) is 0 Å². The fourth-order valence-corrected chi connectivity index (χ4v) is 1.66. The topological polar surface area (TPSA) is 37.3 Å². The summed E-state index contributed by atoms with van der Waals surface area (Å²) in [6.07, 6.45) is 1.07. The molecule has 1 N–H and O–H groups in total. The van der Waals surface area contributed by atoms with Crippen molar-refractivity contribution in [1.29, 1.82) is 0 Å². The predicted octanol–water partition coefficient (Wildman–Crippen LogP) is 1.34. The minimum Gasteiger partial charge on any atom is -0.393 e. The van der Waals surface area contributed by atoms with E-state index in [1.807, 2.05) is 6.92 Å². The third kappa shape index (κ3) is 2.17. The lowest BCUT2D eigenvalue weighted by molar-refractivity contribution is -0.119. The Kier molecular flexibility index (Phi) is 2.90. The molecule has 0 unspecified atom stereocenters. The van der Waals surface area contributed by atoms with E-state index in [0.29, 0.717) is 19.3 Å². The van der Waals surface area contributed by atoms with Crippen LogP contribution < -0.4 is 0 Å². The van der Waals surface area contributed by atoms with Gasteiger partial charge in [0, 0.05) is 18.2 Å². The molecule has 0 aromatic carbocycles. The molecule has 3 atom stereocenters. The van der Waals surface area contributed by atoms with E-state index in [0.717, 1.165) is 0 Å². The van der Waals surface area contributed by atoms with Crippen molar-refractivity contribution in [3.8, 4) is 0 Å². The minimum absolute atomic E-state index is 0.0446. The van der Waals surface area contributed by atoms with Crippen LogP contribution in [0.1, 0.15) is 26.2 Å². The van der Waals surface area contributed by atoms with Gasteiger partial charge in [-0.1, -0.05) is 6.92 Å². The summed E-state index contributed by atoms with van der Waals surface area (Å²) in [5.74, 6) is 0.219. The molecule has 2 nitrogen and oxygen atoms in total. The summed E-state index contributed by atoms with van der Waals surface area (Å²) >= 11 is 5.88. The molecular weight excluding hydrogens is 164 g/mol. The lowest BCUT2D eigenvalue weighted by Gasteiger charge is -2.18. The number of Topliss-reactive ketones (excluding diaryl/α,β-unsaturated/α-hetero) is 1. The summed E-state index contributed by atoms with van der Waals surface area (Å²) in [7, 11) is 0. The average Bonchev–Trinajstić information content (AvgIpc) is 2.05. The maximum atomic E-state index is 11.0. The van der Waals surface area contributed by atoms with Gasteiger partial charge in [0.1, 0.15) is 5.78 Å². The molecule has 0 bridgehead atoms. The highest BCUT2D eigenvalue weighted by Crippen LogP contribution is 2.25. The first-order valence-corrected chi connectivity index (χ1v) is 4.38. The highest BCUT2D eigenvalue weighted by atomic mass is 35.5. The number of aliphatic hydroxyl groups is 1. The number of halogens is 1. The van der Waals surface area contributed by atoms with Gasteiger partial charge in [0.2, 0.25) is 0 Å². The lowest BCUT2D eigenvalue weighted by Crippen LogP contribution is -2.23. The highest BCUT2D eigenvalue weighted by molar-refractivity contribution is 6.22. The monoisotopic (exact) mass is 176 g/mol. The van der Waals surface area contributed by atoms with Crippen LogP contribution in [0.2, 0.25) is 0 Å². The summed E-state index contributed by atoms with van der Waals surface area (Å²) in [6.45, 7) is 1.89. The van der Waals surface area contributed by atoms with Crippen molar-refractivity contribution in [3.63, 3.8) is 0 Å². The molecule has 0 amide bonds. The van der Waals surface area contributed by atoms with Crippen molar-refractivity contribution in [2.45, 2.75) is 37.7 Å². The Balaban J connectivity index is 2.61. The maximum Gasteiger partial charge on any atom is 0.134 e. The molecule has 3 heteroatoms. The van der Waals surface area contributed by atoms with Gasteiger partial charge < -0.3 is 5.11 Å². The second-order valence-corrected chi connectivity index (χ2v) is 3.78. The van der Waals surface area contributed by atoms with Crippen molar-refractivity contribution < 1.29 is 9.90 Å². The normalized spacial score (nSPS) is 40.3. The zero-order valence-electron chi connectivity index (χ0n) is 6.59. The number of hydrogen-bond donors (Lipinski definition) is 1. The lowest BCUT2D eigenvalue weighted by atomic mass is 10.00. The molecule has 1 aliphatic carbocycles. The van der Waals surface area contributed by atoms with Gasteiger partial charge in [-0.05, 0) is 12.3 Å². The zero-order valence-corrected chi connectivity index (χ0v) is 7.34. The molecule has 1 rings (SSSR count). The van der Waals surface area contributed by atoms with Crippen LogP contribution in [-0.4, -0.2) is 22.4 Å². The molecule has 1 saturated carbocycles. The highest BCUT2D eigenvalue weighted by Gasteiger charge is 2.28. The molecule has 1 aliphatic rings. The molecule has 11 heavy (non-hydrogen) atoms. The molecule has 1 fully saturated rings. The summed E-state index contributed by atoms with van der Waals surface area (Å²) in [5, 5.41) is 9.23. The first kappa shape index (κ1) is 9.01. The van der Waals surface area contributed by atoms with Gasteiger partial charge in [0.05, 0.1) is 6.10 Å². The van der Waals surface area contributed by atoms with Crippen LogP contribution >= 0.6 is 11.6 Å². The first-order valence-electron chi connectivity index (χ1n) is 3.95. The number of aliphatic hydroxyl groups excluding tert-OH is 1. The van der Waals surface area contributed by atoms with Crippen molar-refractivity contribution >= 4 is 17.4 Å². The van der Waals surface area contributed by atoms with E-state index in [4.69, 9.17) is 11.6 Å². The Bertz CT molecular complexity index is 158. The fraction of sp³-hybridized carbons (Fsp3) is 0.875. The smallest absolute Gasteiger partial charge is 0.134 e. The van der Waals surface area contributed by atoms with E-state index in [9.17, 15) is 9.90 Å². The third-order valence-electron chi connectivity index (χ3n) is 2.32. The Morgan fingerprint density at radius 1 is 1.64 bits per heavy atom.